The van der Waals surface area contributed by atoms with Crippen LogP contribution in [-0.2, 0) is 17.9 Å². The van der Waals surface area contributed by atoms with Crippen LogP contribution in [0.1, 0.15) is 30.7 Å². The molecular formula is C14H20N2O4. The molecule has 1 aromatic heterocycles. The summed E-state index contributed by atoms with van der Waals surface area (Å²) in [5, 5.41) is 18.8. The summed E-state index contributed by atoms with van der Waals surface area (Å²) in [6.45, 7) is 4.40. The lowest BCUT2D eigenvalue weighted by Crippen LogP contribution is -2.25. The number of aromatic nitrogens is 1. The fourth-order valence-corrected chi connectivity index (χ4v) is 2.65. The van der Waals surface area contributed by atoms with Crippen LogP contribution in [0, 0.1) is 6.92 Å². The van der Waals surface area contributed by atoms with Crippen molar-refractivity contribution in [2.45, 2.75) is 39.3 Å². The molecule has 0 unspecified atom stereocenters. The maximum absolute atomic E-state index is 11.7. The third kappa shape index (κ3) is 3.19. The molecule has 1 aliphatic heterocycles. The highest BCUT2D eigenvalue weighted by atomic mass is 16.4. The summed E-state index contributed by atoms with van der Waals surface area (Å²) in [5.74, 6) is -1.15. The van der Waals surface area contributed by atoms with Gasteiger partial charge in [0.1, 0.15) is 0 Å². The van der Waals surface area contributed by atoms with Gasteiger partial charge in [0, 0.05) is 24.8 Å². The lowest BCUT2D eigenvalue weighted by Gasteiger charge is -2.21. The lowest BCUT2D eigenvalue weighted by atomic mass is 10.2. The molecule has 6 heteroatoms. The van der Waals surface area contributed by atoms with Crippen molar-refractivity contribution < 1.29 is 15.0 Å². The van der Waals surface area contributed by atoms with Crippen molar-refractivity contribution in [3.63, 3.8) is 0 Å². The van der Waals surface area contributed by atoms with E-state index in [9.17, 15) is 14.7 Å². The number of carbonyl (C=O) groups is 1. The average Bonchev–Trinajstić information content (AvgIpc) is 2.87. The molecule has 2 N–H and O–H groups in total. The van der Waals surface area contributed by atoms with E-state index in [1.54, 1.807) is 11.5 Å². The Kier molecular flexibility index (Phi) is 4.44. The number of hydrogen-bond acceptors (Lipinski definition) is 4. The van der Waals surface area contributed by atoms with E-state index in [0.29, 0.717) is 17.9 Å². The standard InChI is InChI=1S/C14H20N2O4/c1-10-8-12(17)14(20)11(9-15-5-2-3-6-15)16(10)7-4-13(18)19/h8,20H,2-7,9H2,1H3,(H,18,19). The van der Waals surface area contributed by atoms with Crippen molar-refractivity contribution in [1.29, 1.82) is 0 Å². The minimum atomic E-state index is -0.894. The van der Waals surface area contributed by atoms with Gasteiger partial charge in [0.25, 0.3) is 0 Å². The zero-order valence-corrected chi connectivity index (χ0v) is 11.6. The van der Waals surface area contributed by atoms with Crippen LogP contribution in [-0.4, -0.2) is 38.7 Å². The molecule has 0 saturated carbocycles. The fraction of sp³-hybridized carbons (Fsp3) is 0.571. The van der Waals surface area contributed by atoms with E-state index in [-0.39, 0.29) is 18.7 Å². The number of aryl methyl sites for hydroxylation is 1. The van der Waals surface area contributed by atoms with E-state index in [4.69, 9.17) is 5.11 Å². The summed E-state index contributed by atoms with van der Waals surface area (Å²) in [7, 11) is 0. The summed E-state index contributed by atoms with van der Waals surface area (Å²) in [5.41, 5.74) is 0.810. The van der Waals surface area contributed by atoms with Crippen molar-refractivity contribution in [1.82, 2.24) is 9.47 Å². The molecular weight excluding hydrogens is 260 g/mol. The molecule has 20 heavy (non-hydrogen) atoms. The number of nitrogens with zero attached hydrogens (tertiary/aromatic N) is 2. The quantitative estimate of drug-likeness (QED) is 0.838. The summed E-state index contributed by atoms with van der Waals surface area (Å²) in [6, 6.07) is 1.35. The van der Waals surface area contributed by atoms with Gasteiger partial charge >= 0.3 is 5.97 Å². The van der Waals surface area contributed by atoms with Crippen LogP contribution in [0.2, 0.25) is 0 Å². The minimum absolute atomic E-state index is 0.0316. The van der Waals surface area contributed by atoms with Crippen molar-refractivity contribution in [2.24, 2.45) is 0 Å². The largest absolute Gasteiger partial charge is 0.503 e. The van der Waals surface area contributed by atoms with Crippen LogP contribution in [0.15, 0.2) is 10.9 Å². The molecule has 0 amide bonds. The summed E-state index contributed by atoms with van der Waals surface area (Å²) in [6.07, 6.45) is 2.20. The molecule has 110 valence electrons. The topological polar surface area (TPSA) is 82.8 Å². The van der Waals surface area contributed by atoms with Gasteiger partial charge < -0.3 is 14.8 Å². The number of aromatic hydroxyl groups is 1. The Morgan fingerprint density at radius 2 is 2.00 bits per heavy atom. The number of pyridine rings is 1. The zero-order valence-electron chi connectivity index (χ0n) is 11.6. The summed E-state index contributed by atoms with van der Waals surface area (Å²) in [4.78, 5) is 24.6. The van der Waals surface area contributed by atoms with Gasteiger partial charge in [-0.2, -0.15) is 0 Å². The Balaban J connectivity index is 2.33. The first-order valence-electron chi connectivity index (χ1n) is 6.85. The molecule has 6 nitrogen and oxygen atoms in total. The molecule has 0 bridgehead atoms. The molecule has 0 radical (unpaired) electrons. The average molecular weight is 280 g/mol. The SMILES string of the molecule is Cc1cc(=O)c(O)c(CN2CCCC2)n1CCC(=O)O. The number of carboxylic acids is 1. The van der Waals surface area contributed by atoms with Gasteiger partial charge in [-0.1, -0.05) is 0 Å². The third-order valence-electron chi connectivity index (χ3n) is 3.72. The van der Waals surface area contributed by atoms with Gasteiger partial charge in [0.15, 0.2) is 5.75 Å². The van der Waals surface area contributed by atoms with Crippen LogP contribution in [0.4, 0.5) is 0 Å². The molecule has 1 saturated heterocycles. The first-order chi connectivity index (χ1) is 9.49. The van der Waals surface area contributed by atoms with Crippen molar-refractivity contribution >= 4 is 5.97 Å². The normalized spacial score (nSPS) is 15.7. The number of aliphatic carboxylic acids is 1. The van der Waals surface area contributed by atoms with Gasteiger partial charge in [0.2, 0.25) is 5.43 Å². The van der Waals surface area contributed by atoms with Gasteiger partial charge in [-0.05, 0) is 32.9 Å². The molecule has 2 heterocycles. The van der Waals surface area contributed by atoms with Gasteiger partial charge in [-0.15, -0.1) is 0 Å². The summed E-state index contributed by atoms with van der Waals surface area (Å²) >= 11 is 0. The van der Waals surface area contributed by atoms with Crippen LogP contribution >= 0.6 is 0 Å². The molecule has 1 fully saturated rings. The Morgan fingerprint density at radius 1 is 1.35 bits per heavy atom. The highest BCUT2D eigenvalue weighted by molar-refractivity contribution is 5.66. The van der Waals surface area contributed by atoms with Crippen LogP contribution < -0.4 is 5.43 Å². The van der Waals surface area contributed by atoms with Crippen LogP contribution in [0.25, 0.3) is 0 Å². The second-order valence-corrected chi connectivity index (χ2v) is 5.22. The monoisotopic (exact) mass is 280 g/mol. The molecule has 2 rings (SSSR count). The molecule has 1 aliphatic rings. The van der Waals surface area contributed by atoms with Crippen molar-refractivity contribution in [2.75, 3.05) is 13.1 Å². The first-order valence-corrected chi connectivity index (χ1v) is 6.85. The highest BCUT2D eigenvalue weighted by Crippen LogP contribution is 2.20. The van der Waals surface area contributed by atoms with E-state index >= 15 is 0 Å². The van der Waals surface area contributed by atoms with Crippen LogP contribution in [0.5, 0.6) is 5.75 Å². The van der Waals surface area contributed by atoms with E-state index < -0.39 is 11.4 Å². The van der Waals surface area contributed by atoms with E-state index in [1.807, 2.05) is 0 Å². The van der Waals surface area contributed by atoms with E-state index in [1.165, 1.54) is 6.07 Å². The predicted molar refractivity (Wildman–Crippen MR) is 73.9 cm³/mol. The van der Waals surface area contributed by atoms with Gasteiger partial charge in [-0.25, -0.2) is 0 Å². The number of carboxylic acid groups (broad SMARTS) is 1. The molecule has 0 atom stereocenters. The van der Waals surface area contributed by atoms with E-state index in [2.05, 4.69) is 4.90 Å². The maximum atomic E-state index is 11.7. The first kappa shape index (κ1) is 14.6. The maximum Gasteiger partial charge on any atom is 0.305 e. The van der Waals surface area contributed by atoms with Crippen molar-refractivity contribution in [3.05, 3.63) is 27.7 Å². The van der Waals surface area contributed by atoms with Gasteiger partial charge in [0.05, 0.1) is 12.1 Å². The number of rotatable bonds is 5. The Morgan fingerprint density at radius 3 is 2.60 bits per heavy atom. The molecule has 0 spiro atoms. The summed E-state index contributed by atoms with van der Waals surface area (Å²) < 4.78 is 1.74. The second kappa shape index (κ2) is 6.09. The lowest BCUT2D eigenvalue weighted by molar-refractivity contribution is -0.137. The number of hydrogen-bond donors (Lipinski definition) is 2. The smallest absolute Gasteiger partial charge is 0.305 e. The zero-order chi connectivity index (χ0) is 14.7. The molecule has 1 aromatic rings. The van der Waals surface area contributed by atoms with Crippen molar-refractivity contribution in [3.8, 4) is 5.75 Å². The Labute approximate surface area is 117 Å². The fourth-order valence-electron chi connectivity index (χ4n) is 2.65. The Bertz CT molecular complexity index is 559. The second-order valence-electron chi connectivity index (χ2n) is 5.22. The number of likely N-dealkylation sites (tertiary alicyclic amines) is 1. The molecule has 0 aromatic carbocycles. The molecule has 0 aliphatic carbocycles. The van der Waals surface area contributed by atoms with Gasteiger partial charge in [-0.3, -0.25) is 14.5 Å². The van der Waals surface area contributed by atoms with E-state index in [0.717, 1.165) is 25.9 Å². The predicted octanol–water partition coefficient (Wildman–Crippen LogP) is 0.933. The Hall–Kier alpha value is -1.82. The minimum Gasteiger partial charge on any atom is -0.503 e. The van der Waals surface area contributed by atoms with Crippen LogP contribution in [0.3, 0.4) is 0 Å². The highest BCUT2D eigenvalue weighted by Gasteiger charge is 2.19. The third-order valence-corrected chi connectivity index (χ3v) is 3.72.